The molecule has 0 unspecified atom stereocenters. The zero-order chi connectivity index (χ0) is 21.3. The maximum atomic E-state index is 12.9. The Kier molecular flexibility index (Phi) is 5.44. The summed E-state index contributed by atoms with van der Waals surface area (Å²) in [6, 6.07) is 11.7. The molecular formula is C23H24N2O5. The maximum absolute atomic E-state index is 12.9. The smallest absolute Gasteiger partial charge is 0.255 e. The molecule has 1 heterocycles. The van der Waals surface area contributed by atoms with Crippen LogP contribution in [0.3, 0.4) is 0 Å². The van der Waals surface area contributed by atoms with E-state index in [4.69, 9.17) is 9.47 Å². The Morgan fingerprint density at radius 3 is 2.30 bits per heavy atom. The molecule has 7 nitrogen and oxygen atoms in total. The molecule has 2 atom stereocenters. The number of imide groups is 1. The number of hydrogen-bond donors (Lipinski definition) is 1. The highest BCUT2D eigenvalue weighted by Crippen LogP contribution is 2.40. The SMILES string of the molecule is COc1ccc(OC)c(NC(=O)c2cccc(N3C(=O)[C@H]4CCCC[C@H]4C3=O)c2)c1. The van der Waals surface area contributed by atoms with Crippen molar-refractivity contribution in [2.75, 3.05) is 24.4 Å². The summed E-state index contributed by atoms with van der Waals surface area (Å²) < 4.78 is 10.5. The molecule has 1 N–H and O–H groups in total. The van der Waals surface area contributed by atoms with Crippen LogP contribution in [-0.4, -0.2) is 31.9 Å². The number of methoxy groups -OCH3 is 2. The van der Waals surface area contributed by atoms with E-state index in [1.54, 1.807) is 49.6 Å². The van der Waals surface area contributed by atoms with Crippen molar-refractivity contribution >= 4 is 29.1 Å². The number of nitrogens with zero attached hydrogens (tertiary/aromatic N) is 1. The average molecular weight is 408 g/mol. The number of amides is 3. The summed E-state index contributed by atoms with van der Waals surface area (Å²) in [5.74, 6) is -0.0760. The summed E-state index contributed by atoms with van der Waals surface area (Å²) in [5.41, 5.74) is 1.24. The molecule has 0 bridgehead atoms. The number of anilines is 2. The van der Waals surface area contributed by atoms with Crippen LogP contribution in [0.2, 0.25) is 0 Å². The number of benzene rings is 2. The fourth-order valence-corrected chi connectivity index (χ4v) is 4.31. The third kappa shape index (κ3) is 3.51. The van der Waals surface area contributed by atoms with E-state index in [1.165, 1.54) is 12.0 Å². The van der Waals surface area contributed by atoms with Crippen LogP contribution in [0.1, 0.15) is 36.0 Å². The van der Waals surface area contributed by atoms with Gasteiger partial charge in [0.1, 0.15) is 11.5 Å². The van der Waals surface area contributed by atoms with Crippen LogP contribution in [-0.2, 0) is 9.59 Å². The van der Waals surface area contributed by atoms with E-state index in [-0.39, 0.29) is 29.6 Å². The first-order chi connectivity index (χ1) is 14.5. The van der Waals surface area contributed by atoms with Gasteiger partial charge in [0.25, 0.3) is 5.91 Å². The van der Waals surface area contributed by atoms with E-state index in [9.17, 15) is 14.4 Å². The summed E-state index contributed by atoms with van der Waals surface area (Å²) in [5, 5.41) is 2.81. The minimum atomic E-state index is -0.375. The molecule has 1 aliphatic carbocycles. The number of fused-ring (bicyclic) bond motifs is 1. The van der Waals surface area contributed by atoms with Gasteiger partial charge in [-0.1, -0.05) is 18.9 Å². The van der Waals surface area contributed by atoms with Gasteiger partial charge in [-0.25, -0.2) is 0 Å². The monoisotopic (exact) mass is 408 g/mol. The molecule has 1 saturated carbocycles. The normalized spacial score (nSPS) is 20.7. The third-order valence-electron chi connectivity index (χ3n) is 5.86. The van der Waals surface area contributed by atoms with Crippen molar-refractivity contribution in [3.8, 4) is 11.5 Å². The Hall–Kier alpha value is -3.35. The molecule has 0 aromatic heterocycles. The van der Waals surface area contributed by atoms with Crippen molar-refractivity contribution in [1.82, 2.24) is 0 Å². The van der Waals surface area contributed by atoms with Crippen LogP contribution in [0.25, 0.3) is 0 Å². The van der Waals surface area contributed by atoms with E-state index in [0.717, 1.165) is 25.7 Å². The maximum Gasteiger partial charge on any atom is 0.255 e. The first-order valence-corrected chi connectivity index (χ1v) is 10.0. The lowest BCUT2D eigenvalue weighted by Crippen LogP contribution is -2.31. The quantitative estimate of drug-likeness (QED) is 0.764. The van der Waals surface area contributed by atoms with Gasteiger partial charge in [0.2, 0.25) is 11.8 Å². The number of carbonyl (C=O) groups excluding carboxylic acids is 3. The van der Waals surface area contributed by atoms with E-state index in [1.807, 2.05) is 0 Å². The topological polar surface area (TPSA) is 84.9 Å². The number of rotatable bonds is 5. The van der Waals surface area contributed by atoms with Crippen molar-refractivity contribution in [1.29, 1.82) is 0 Å². The average Bonchev–Trinajstić information content (AvgIpc) is 3.04. The van der Waals surface area contributed by atoms with Crippen molar-refractivity contribution in [3.05, 3.63) is 48.0 Å². The second-order valence-corrected chi connectivity index (χ2v) is 7.58. The van der Waals surface area contributed by atoms with Crippen LogP contribution in [0.4, 0.5) is 11.4 Å². The fourth-order valence-electron chi connectivity index (χ4n) is 4.31. The summed E-state index contributed by atoms with van der Waals surface area (Å²) >= 11 is 0. The Morgan fingerprint density at radius 1 is 0.967 bits per heavy atom. The van der Waals surface area contributed by atoms with Crippen LogP contribution in [0.15, 0.2) is 42.5 Å². The van der Waals surface area contributed by atoms with Gasteiger partial charge in [-0.15, -0.1) is 0 Å². The molecule has 30 heavy (non-hydrogen) atoms. The fraction of sp³-hybridized carbons (Fsp3) is 0.348. The second-order valence-electron chi connectivity index (χ2n) is 7.58. The van der Waals surface area contributed by atoms with Gasteiger partial charge in [-0.3, -0.25) is 19.3 Å². The molecule has 2 fully saturated rings. The summed E-state index contributed by atoms with van der Waals surface area (Å²) in [4.78, 5) is 39.8. The highest BCUT2D eigenvalue weighted by atomic mass is 16.5. The predicted molar refractivity (Wildman–Crippen MR) is 112 cm³/mol. The predicted octanol–water partition coefficient (Wildman–Crippen LogP) is 3.64. The van der Waals surface area contributed by atoms with Gasteiger partial charge >= 0.3 is 0 Å². The van der Waals surface area contributed by atoms with Gasteiger partial charge in [-0.05, 0) is 43.2 Å². The zero-order valence-corrected chi connectivity index (χ0v) is 17.0. The molecule has 2 aromatic carbocycles. The lowest BCUT2D eigenvalue weighted by molar-refractivity contribution is -0.122. The summed E-state index contributed by atoms with van der Waals surface area (Å²) in [6.45, 7) is 0. The van der Waals surface area contributed by atoms with Crippen molar-refractivity contribution in [2.24, 2.45) is 11.8 Å². The molecular weight excluding hydrogens is 384 g/mol. The van der Waals surface area contributed by atoms with Gasteiger partial charge in [-0.2, -0.15) is 0 Å². The van der Waals surface area contributed by atoms with Crippen LogP contribution < -0.4 is 19.7 Å². The molecule has 0 radical (unpaired) electrons. The Balaban J connectivity index is 1.59. The first-order valence-electron chi connectivity index (χ1n) is 10.0. The van der Waals surface area contributed by atoms with Gasteiger partial charge in [0.05, 0.1) is 37.4 Å². The van der Waals surface area contributed by atoms with Gasteiger partial charge in [0.15, 0.2) is 0 Å². The molecule has 1 aliphatic heterocycles. The minimum absolute atomic E-state index is 0.156. The molecule has 4 rings (SSSR count). The number of ether oxygens (including phenoxy) is 2. The molecule has 3 amide bonds. The van der Waals surface area contributed by atoms with Crippen molar-refractivity contribution in [2.45, 2.75) is 25.7 Å². The molecule has 7 heteroatoms. The standard InChI is InChI=1S/C23H24N2O5/c1-29-16-10-11-20(30-2)19(13-16)24-21(26)14-6-5-7-15(12-14)25-22(27)17-8-3-4-9-18(17)23(25)28/h5-7,10-13,17-18H,3-4,8-9H2,1-2H3,(H,24,26)/t17-,18+. The molecule has 0 spiro atoms. The summed E-state index contributed by atoms with van der Waals surface area (Å²) in [7, 11) is 3.06. The van der Waals surface area contributed by atoms with E-state index in [0.29, 0.717) is 28.4 Å². The van der Waals surface area contributed by atoms with Crippen LogP contribution in [0, 0.1) is 11.8 Å². The summed E-state index contributed by atoms with van der Waals surface area (Å²) in [6.07, 6.45) is 3.45. The highest BCUT2D eigenvalue weighted by Gasteiger charge is 2.48. The molecule has 1 saturated heterocycles. The largest absolute Gasteiger partial charge is 0.497 e. The molecule has 156 valence electrons. The third-order valence-corrected chi connectivity index (χ3v) is 5.86. The Labute approximate surface area is 175 Å². The Morgan fingerprint density at radius 2 is 1.67 bits per heavy atom. The first kappa shape index (κ1) is 19.9. The van der Waals surface area contributed by atoms with Gasteiger partial charge in [0, 0.05) is 11.6 Å². The van der Waals surface area contributed by atoms with Gasteiger partial charge < -0.3 is 14.8 Å². The van der Waals surface area contributed by atoms with Crippen molar-refractivity contribution in [3.63, 3.8) is 0 Å². The van der Waals surface area contributed by atoms with E-state index < -0.39 is 0 Å². The second kappa shape index (κ2) is 8.18. The highest BCUT2D eigenvalue weighted by molar-refractivity contribution is 6.22. The van der Waals surface area contributed by atoms with Crippen LogP contribution >= 0.6 is 0 Å². The molecule has 2 aromatic rings. The van der Waals surface area contributed by atoms with E-state index >= 15 is 0 Å². The lowest BCUT2D eigenvalue weighted by Gasteiger charge is -2.19. The van der Waals surface area contributed by atoms with Crippen molar-refractivity contribution < 1.29 is 23.9 Å². The molecule has 2 aliphatic rings. The Bertz CT molecular complexity index is 979. The zero-order valence-electron chi connectivity index (χ0n) is 17.0. The number of nitrogens with one attached hydrogen (secondary N) is 1. The van der Waals surface area contributed by atoms with E-state index in [2.05, 4.69) is 5.32 Å². The van der Waals surface area contributed by atoms with Crippen LogP contribution in [0.5, 0.6) is 11.5 Å². The number of hydrogen-bond acceptors (Lipinski definition) is 5. The lowest BCUT2D eigenvalue weighted by atomic mass is 9.81. The number of carbonyl (C=O) groups is 3. The minimum Gasteiger partial charge on any atom is -0.497 e.